The lowest BCUT2D eigenvalue weighted by molar-refractivity contribution is -0.137. The van der Waals surface area contributed by atoms with Gasteiger partial charge < -0.3 is 9.80 Å². The van der Waals surface area contributed by atoms with Gasteiger partial charge in [0.2, 0.25) is 0 Å². The van der Waals surface area contributed by atoms with Crippen LogP contribution in [0.2, 0.25) is 0 Å². The van der Waals surface area contributed by atoms with Crippen LogP contribution in [0.5, 0.6) is 0 Å². The number of carbonyl (C=O) groups is 1. The third kappa shape index (κ3) is 5.87. The van der Waals surface area contributed by atoms with Crippen molar-refractivity contribution < 1.29 is 35.5 Å². The molecule has 0 radical (unpaired) electrons. The zero-order valence-corrected chi connectivity index (χ0v) is 17.7. The van der Waals surface area contributed by atoms with Gasteiger partial charge in [-0.25, -0.2) is 4.39 Å². The van der Waals surface area contributed by atoms with Gasteiger partial charge in [0.05, 0.1) is 17.0 Å². The van der Waals surface area contributed by atoms with E-state index in [0.717, 1.165) is 18.2 Å². The molecular weight excluding hydrogens is 461 g/mol. The second kappa shape index (κ2) is 9.21. The monoisotopic (exact) mass is 480 g/mol. The zero-order chi connectivity index (χ0) is 23.7. The quantitative estimate of drug-likeness (QED) is 0.410. The SMILES string of the molecule is Cc1cc(F)c(N2CCN(C(=O)c3cccc(C(F)(F)F)c3)CC2)cc1SCC(F)(F)F. The number of piperazine rings is 1. The van der Waals surface area contributed by atoms with Crippen LogP contribution in [-0.4, -0.2) is 48.9 Å². The summed E-state index contributed by atoms with van der Waals surface area (Å²) in [5.74, 6) is -2.25. The molecule has 0 bridgehead atoms. The molecule has 0 unspecified atom stereocenters. The lowest BCUT2D eigenvalue weighted by atomic mass is 10.1. The van der Waals surface area contributed by atoms with Gasteiger partial charge in [0.25, 0.3) is 5.91 Å². The van der Waals surface area contributed by atoms with Crippen LogP contribution in [0.3, 0.4) is 0 Å². The van der Waals surface area contributed by atoms with Crippen LogP contribution in [0.4, 0.5) is 36.4 Å². The van der Waals surface area contributed by atoms with Gasteiger partial charge in [0.1, 0.15) is 5.82 Å². The average Bonchev–Trinajstić information content (AvgIpc) is 2.71. The van der Waals surface area contributed by atoms with E-state index >= 15 is 0 Å². The molecule has 0 saturated carbocycles. The molecule has 3 nitrogen and oxygen atoms in total. The van der Waals surface area contributed by atoms with Crippen molar-refractivity contribution in [2.45, 2.75) is 24.2 Å². The number of carbonyl (C=O) groups excluding carboxylic acids is 1. The standard InChI is InChI=1S/C21H19F7N2OS/c1-13-9-16(22)17(11-18(13)32-12-20(23,24)25)29-5-7-30(8-6-29)19(31)14-3-2-4-15(10-14)21(26,27)28/h2-4,9-11H,5-8,12H2,1H3. The van der Waals surface area contributed by atoms with Gasteiger partial charge in [0, 0.05) is 36.6 Å². The van der Waals surface area contributed by atoms with Crippen molar-refractivity contribution in [3.8, 4) is 0 Å². The number of alkyl halides is 6. The first-order chi connectivity index (χ1) is 14.8. The number of thioether (sulfide) groups is 1. The smallest absolute Gasteiger partial charge is 0.366 e. The number of halogens is 7. The van der Waals surface area contributed by atoms with E-state index in [9.17, 15) is 35.5 Å². The highest BCUT2D eigenvalue weighted by Gasteiger charge is 2.32. The number of benzene rings is 2. The molecule has 11 heteroatoms. The summed E-state index contributed by atoms with van der Waals surface area (Å²) >= 11 is 0.572. The molecule has 1 heterocycles. The molecule has 2 aromatic carbocycles. The van der Waals surface area contributed by atoms with Gasteiger partial charge in [-0.15, -0.1) is 11.8 Å². The van der Waals surface area contributed by atoms with Crippen LogP contribution in [0.15, 0.2) is 41.3 Å². The molecule has 1 aliphatic heterocycles. The maximum atomic E-state index is 14.5. The Balaban J connectivity index is 1.70. The van der Waals surface area contributed by atoms with Crippen LogP contribution in [-0.2, 0) is 6.18 Å². The van der Waals surface area contributed by atoms with Crippen molar-refractivity contribution in [1.82, 2.24) is 4.90 Å². The van der Waals surface area contributed by atoms with E-state index in [0.29, 0.717) is 22.2 Å². The van der Waals surface area contributed by atoms with Crippen LogP contribution in [0.1, 0.15) is 21.5 Å². The highest BCUT2D eigenvalue weighted by atomic mass is 32.2. The minimum Gasteiger partial charge on any atom is -0.366 e. The predicted octanol–water partition coefficient (Wildman–Crippen LogP) is 5.77. The molecule has 174 valence electrons. The lowest BCUT2D eigenvalue weighted by Crippen LogP contribution is -2.49. The minimum absolute atomic E-state index is 0.0966. The van der Waals surface area contributed by atoms with Crippen LogP contribution in [0, 0.1) is 12.7 Å². The summed E-state index contributed by atoms with van der Waals surface area (Å²) in [6.07, 6.45) is -8.93. The van der Waals surface area contributed by atoms with Crippen molar-refractivity contribution in [2.24, 2.45) is 0 Å². The first-order valence-electron chi connectivity index (χ1n) is 9.56. The van der Waals surface area contributed by atoms with E-state index in [-0.39, 0.29) is 37.4 Å². The van der Waals surface area contributed by atoms with Gasteiger partial charge in [-0.05, 0) is 42.8 Å². The largest absolute Gasteiger partial charge is 0.416 e. The number of rotatable bonds is 4. The molecule has 0 aromatic heterocycles. The summed E-state index contributed by atoms with van der Waals surface area (Å²) in [4.78, 5) is 15.9. The molecule has 1 aliphatic rings. The van der Waals surface area contributed by atoms with Crippen LogP contribution in [0.25, 0.3) is 0 Å². The van der Waals surface area contributed by atoms with Gasteiger partial charge >= 0.3 is 12.4 Å². The third-order valence-electron chi connectivity index (χ3n) is 4.98. The fourth-order valence-corrected chi connectivity index (χ4v) is 4.16. The first-order valence-corrected chi connectivity index (χ1v) is 10.5. The van der Waals surface area contributed by atoms with E-state index in [1.807, 2.05) is 0 Å². The Hall–Kier alpha value is -2.43. The molecule has 1 saturated heterocycles. The third-order valence-corrected chi connectivity index (χ3v) is 6.20. The van der Waals surface area contributed by atoms with E-state index in [1.165, 1.54) is 30.0 Å². The number of hydrogen-bond donors (Lipinski definition) is 0. The molecule has 0 atom stereocenters. The van der Waals surface area contributed by atoms with E-state index in [4.69, 9.17) is 0 Å². The molecule has 1 amide bonds. The fraction of sp³-hybridized carbons (Fsp3) is 0.381. The van der Waals surface area contributed by atoms with Gasteiger partial charge in [-0.2, -0.15) is 26.3 Å². The molecule has 0 spiro atoms. The number of hydrogen-bond acceptors (Lipinski definition) is 3. The van der Waals surface area contributed by atoms with Crippen LogP contribution < -0.4 is 4.90 Å². The highest BCUT2D eigenvalue weighted by molar-refractivity contribution is 7.99. The molecule has 0 aliphatic carbocycles. The van der Waals surface area contributed by atoms with Crippen molar-refractivity contribution >= 4 is 23.4 Å². The van der Waals surface area contributed by atoms with Crippen molar-refractivity contribution in [3.63, 3.8) is 0 Å². The zero-order valence-electron chi connectivity index (χ0n) is 16.9. The topological polar surface area (TPSA) is 23.6 Å². The van der Waals surface area contributed by atoms with E-state index < -0.39 is 35.4 Å². The lowest BCUT2D eigenvalue weighted by Gasteiger charge is -2.36. The maximum absolute atomic E-state index is 14.5. The van der Waals surface area contributed by atoms with Crippen molar-refractivity contribution in [3.05, 3.63) is 58.9 Å². The second-order valence-corrected chi connectivity index (χ2v) is 8.35. The Morgan fingerprint density at radius 3 is 2.25 bits per heavy atom. The summed E-state index contributed by atoms with van der Waals surface area (Å²) in [7, 11) is 0. The average molecular weight is 480 g/mol. The number of aryl methyl sites for hydroxylation is 1. The van der Waals surface area contributed by atoms with E-state index in [1.54, 1.807) is 4.90 Å². The summed E-state index contributed by atoms with van der Waals surface area (Å²) in [6, 6.07) is 6.67. The maximum Gasteiger partial charge on any atom is 0.416 e. The molecule has 32 heavy (non-hydrogen) atoms. The Labute approximate surface area is 184 Å². The second-order valence-electron chi connectivity index (χ2n) is 7.33. The summed E-state index contributed by atoms with van der Waals surface area (Å²) < 4.78 is 90.9. The van der Waals surface area contributed by atoms with Gasteiger partial charge in [-0.1, -0.05) is 6.07 Å². The van der Waals surface area contributed by atoms with Gasteiger partial charge in [-0.3, -0.25) is 4.79 Å². The number of anilines is 1. The molecule has 1 fully saturated rings. The summed E-state index contributed by atoms with van der Waals surface area (Å²) in [5.41, 5.74) is -0.501. The van der Waals surface area contributed by atoms with Gasteiger partial charge in [0.15, 0.2) is 0 Å². The molecule has 0 N–H and O–H groups in total. The highest BCUT2D eigenvalue weighted by Crippen LogP contribution is 2.34. The van der Waals surface area contributed by atoms with Crippen LogP contribution >= 0.6 is 11.8 Å². The summed E-state index contributed by atoms with van der Waals surface area (Å²) in [5, 5.41) is 0. The van der Waals surface area contributed by atoms with Crippen molar-refractivity contribution in [1.29, 1.82) is 0 Å². The normalized spacial score (nSPS) is 15.2. The number of nitrogens with zero attached hydrogens (tertiary/aromatic N) is 2. The minimum atomic E-state index is -4.57. The Morgan fingerprint density at radius 1 is 1.00 bits per heavy atom. The Morgan fingerprint density at radius 2 is 1.66 bits per heavy atom. The Kier molecular flexibility index (Phi) is 6.97. The molecular formula is C21H19F7N2OS. The first kappa shape index (κ1) is 24.2. The van der Waals surface area contributed by atoms with E-state index in [2.05, 4.69) is 0 Å². The number of amides is 1. The molecule has 2 aromatic rings. The molecule has 3 rings (SSSR count). The summed E-state index contributed by atoms with van der Waals surface area (Å²) in [6.45, 7) is 2.17. The predicted molar refractivity (Wildman–Crippen MR) is 107 cm³/mol. The fourth-order valence-electron chi connectivity index (χ4n) is 3.36. The van der Waals surface area contributed by atoms with Crippen molar-refractivity contribution in [2.75, 3.05) is 36.8 Å². The Bertz CT molecular complexity index is 983.